The molecule has 0 aliphatic rings. The summed E-state index contributed by atoms with van der Waals surface area (Å²) in [4.78, 5) is 0.835. The Bertz CT molecular complexity index is 689. The van der Waals surface area contributed by atoms with Crippen LogP contribution in [0.3, 0.4) is 0 Å². The number of nitrogens with zero attached hydrogens (tertiary/aromatic N) is 1. The zero-order valence-electron chi connectivity index (χ0n) is 11.4. The van der Waals surface area contributed by atoms with Crippen molar-refractivity contribution in [1.82, 2.24) is 0 Å². The minimum atomic E-state index is -1.12. The van der Waals surface area contributed by atoms with E-state index < -0.39 is 10.8 Å². The van der Waals surface area contributed by atoms with E-state index >= 15 is 0 Å². The molecular formula is C16H15NO2S. The van der Waals surface area contributed by atoms with Crippen LogP contribution in [-0.4, -0.2) is 11.3 Å². The molecule has 0 amide bonds. The zero-order valence-corrected chi connectivity index (χ0v) is 12.2. The van der Waals surface area contributed by atoms with Crippen molar-refractivity contribution < 1.29 is 8.95 Å². The fourth-order valence-electron chi connectivity index (χ4n) is 1.97. The van der Waals surface area contributed by atoms with E-state index in [0.717, 1.165) is 16.0 Å². The number of ether oxygens (including phenoxy) is 1. The molecule has 1 atom stereocenters. The van der Waals surface area contributed by atoms with Crippen molar-refractivity contribution in [3.05, 3.63) is 59.2 Å². The maximum atomic E-state index is 12.4. The molecule has 0 saturated heterocycles. The molecule has 1 unspecified atom stereocenters. The summed E-state index contributed by atoms with van der Waals surface area (Å²) in [6.07, 6.45) is 0. The fraction of sp³-hybridized carbons (Fsp3) is 0.188. The first-order valence-electron chi connectivity index (χ1n) is 6.16. The highest BCUT2D eigenvalue weighted by Gasteiger charge is 2.10. The van der Waals surface area contributed by atoms with E-state index in [4.69, 9.17) is 10.00 Å². The van der Waals surface area contributed by atoms with Gasteiger partial charge >= 0.3 is 0 Å². The lowest BCUT2D eigenvalue weighted by Crippen LogP contribution is -1.99. The highest BCUT2D eigenvalue weighted by molar-refractivity contribution is 7.84. The minimum absolute atomic E-state index is 0.392. The number of nitriles is 1. The zero-order chi connectivity index (χ0) is 14.5. The monoisotopic (exact) mass is 285 g/mol. The molecule has 0 aliphatic carbocycles. The van der Waals surface area contributed by atoms with Crippen molar-refractivity contribution in [1.29, 1.82) is 5.26 Å². The third kappa shape index (κ3) is 3.06. The maximum Gasteiger partial charge on any atom is 0.136 e. The second-order valence-corrected chi connectivity index (χ2v) is 5.82. The van der Waals surface area contributed by atoms with Crippen LogP contribution in [0.2, 0.25) is 0 Å². The van der Waals surface area contributed by atoms with Crippen molar-refractivity contribution in [3.63, 3.8) is 0 Å². The maximum absolute atomic E-state index is 12.4. The molecule has 0 aliphatic heterocycles. The first-order chi connectivity index (χ1) is 9.65. The van der Waals surface area contributed by atoms with Crippen LogP contribution in [0, 0.1) is 18.3 Å². The van der Waals surface area contributed by atoms with Crippen LogP contribution in [0.4, 0.5) is 0 Å². The van der Waals surface area contributed by atoms with Crippen LogP contribution in [0.25, 0.3) is 0 Å². The largest absolute Gasteiger partial charge is 0.495 e. The molecule has 0 saturated carbocycles. The third-order valence-corrected chi connectivity index (χ3v) is 4.57. The van der Waals surface area contributed by atoms with E-state index in [1.165, 1.54) is 7.11 Å². The molecule has 0 bridgehead atoms. The van der Waals surface area contributed by atoms with Crippen molar-refractivity contribution in [3.8, 4) is 11.8 Å². The summed E-state index contributed by atoms with van der Waals surface area (Å²) in [5.74, 6) is 0.932. The Hall–Kier alpha value is -2.12. The lowest BCUT2D eigenvalue weighted by molar-refractivity contribution is 0.413. The molecule has 0 spiro atoms. The summed E-state index contributed by atoms with van der Waals surface area (Å²) in [6, 6.07) is 15.0. The van der Waals surface area contributed by atoms with Crippen molar-refractivity contribution >= 4 is 10.8 Å². The molecule has 0 heterocycles. The molecular weight excluding hydrogens is 270 g/mol. The number of methoxy groups -OCH3 is 1. The molecule has 0 aromatic heterocycles. The first kappa shape index (κ1) is 14.3. The number of benzene rings is 2. The Morgan fingerprint density at radius 2 is 2.00 bits per heavy atom. The minimum Gasteiger partial charge on any atom is -0.495 e. The second kappa shape index (κ2) is 6.36. The summed E-state index contributed by atoms with van der Waals surface area (Å²) in [5, 5.41) is 9.06. The SMILES string of the molecule is COc1ccc(CS(=O)c2ccccc2C)cc1C#N. The Morgan fingerprint density at radius 3 is 2.65 bits per heavy atom. The predicted molar refractivity (Wildman–Crippen MR) is 79.0 cm³/mol. The van der Waals surface area contributed by atoms with E-state index in [1.807, 2.05) is 37.3 Å². The van der Waals surface area contributed by atoms with Gasteiger partial charge in [-0.05, 0) is 36.2 Å². The van der Waals surface area contributed by atoms with Crippen LogP contribution in [-0.2, 0) is 16.6 Å². The van der Waals surface area contributed by atoms with Gasteiger partial charge in [-0.25, -0.2) is 0 Å². The van der Waals surface area contributed by atoms with Crippen molar-refractivity contribution in [2.75, 3.05) is 7.11 Å². The number of hydrogen-bond donors (Lipinski definition) is 0. The second-order valence-electron chi connectivity index (χ2n) is 4.40. The van der Waals surface area contributed by atoms with E-state index in [9.17, 15) is 4.21 Å². The van der Waals surface area contributed by atoms with Crippen LogP contribution in [0.15, 0.2) is 47.4 Å². The Balaban J connectivity index is 2.25. The molecule has 0 fully saturated rings. The highest BCUT2D eigenvalue weighted by atomic mass is 32.2. The molecule has 2 aromatic carbocycles. The Kier molecular flexibility index (Phi) is 4.54. The fourth-order valence-corrected chi connectivity index (χ4v) is 3.27. The van der Waals surface area contributed by atoms with Crippen LogP contribution in [0.5, 0.6) is 5.75 Å². The predicted octanol–water partition coefficient (Wildman–Crippen LogP) is 3.18. The van der Waals surface area contributed by atoms with E-state index in [2.05, 4.69) is 6.07 Å². The molecule has 2 rings (SSSR count). The smallest absolute Gasteiger partial charge is 0.136 e. The molecule has 3 nitrogen and oxygen atoms in total. The quantitative estimate of drug-likeness (QED) is 0.867. The average Bonchev–Trinajstić information content (AvgIpc) is 2.47. The van der Waals surface area contributed by atoms with Gasteiger partial charge in [0, 0.05) is 4.90 Å². The molecule has 2 aromatic rings. The summed E-state index contributed by atoms with van der Waals surface area (Å²) >= 11 is 0. The van der Waals surface area contributed by atoms with Crippen LogP contribution < -0.4 is 4.74 Å². The van der Waals surface area contributed by atoms with Gasteiger partial charge in [-0.2, -0.15) is 5.26 Å². The molecule has 4 heteroatoms. The van der Waals surface area contributed by atoms with Gasteiger partial charge in [0.2, 0.25) is 0 Å². The molecule has 0 radical (unpaired) electrons. The van der Waals surface area contributed by atoms with Gasteiger partial charge in [-0.3, -0.25) is 4.21 Å². The van der Waals surface area contributed by atoms with E-state index in [0.29, 0.717) is 17.1 Å². The summed E-state index contributed by atoms with van der Waals surface area (Å²) < 4.78 is 17.5. The standard InChI is InChI=1S/C16H15NO2S/c1-12-5-3-4-6-16(12)20(18)11-13-7-8-15(19-2)14(9-13)10-17/h3-9H,11H2,1-2H3. The van der Waals surface area contributed by atoms with Crippen LogP contribution in [0.1, 0.15) is 16.7 Å². The van der Waals surface area contributed by atoms with Gasteiger partial charge in [0.05, 0.1) is 29.2 Å². The van der Waals surface area contributed by atoms with Crippen molar-refractivity contribution in [2.24, 2.45) is 0 Å². The molecule has 102 valence electrons. The molecule has 20 heavy (non-hydrogen) atoms. The highest BCUT2D eigenvalue weighted by Crippen LogP contribution is 2.22. The summed E-state index contributed by atoms with van der Waals surface area (Å²) in [5.41, 5.74) is 2.34. The third-order valence-electron chi connectivity index (χ3n) is 3.02. The van der Waals surface area contributed by atoms with Gasteiger partial charge in [0.15, 0.2) is 0 Å². The number of rotatable bonds is 4. The lowest BCUT2D eigenvalue weighted by Gasteiger charge is -2.08. The van der Waals surface area contributed by atoms with Gasteiger partial charge < -0.3 is 4.74 Å². The Labute approximate surface area is 121 Å². The van der Waals surface area contributed by atoms with E-state index in [1.54, 1.807) is 12.1 Å². The lowest BCUT2D eigenvalue weighted by atomic mass is 10.1. The summed E-state index contributed by atoms with van der Waals surface area (Å²) in [7, 11) is 0.414. The van der Waals surface area contributed by atoms with Crippen molar-refractivity contribution in [2.45, 2.75) is 17.6 Å². The first-order valence-corrected chi connectivity index (χ1v) is 7.48. The van der Waals surface area contributed by atoms with Gasteiger partial charge in [0.25, 0.3) is 0 Å². The summed E-state index contributed by atoms with van der Waals surface area (Å²) in [6.45, 7) is 1.95. The topological polar surface area (TPSA) is 50.1 Å². The van der Waals surface area contributed by atoms with Gasteiger partial charge in [-0.15, -0.1) is 0 Å². The Morgan fingerprint density at radius 1 is 1.25 bits per heavy atom. The normalized spacial score (nSPS) is 11.7. The van der Waals surface area contributed by atoms with E-state index in [-0.39, 0.29) is 0 Å². The average molecular weight is 285 g/mol. The van der Waals surface area contributed by atoms with Crippen LogP contribution >= 0.6 is 0 Å². The number of aryl methyl sites for hydroxylation is 1. The van der Waals surface area contributed by atoms with Gasteiger partial charge in [0.1, 0.15) is 11.8 Å². The number of hydrogen-bond acceptors (Lipinski definition) is 3. The van der Waals surface area contributed by atoms with Gasteiger partial charge in [-0.1, -0.05) is 24.3 Å². The molecule has 0 N–H and O–H groups in total.